The van der Waals surface area contributed by atoms with Crippen molar-refractivity contribution in [1.82, 2.24) is 5.32 Å². The largest absolute Gasteiger partial charge is 0.364 e. The number of hydrogen-bond acceptors (Lipinski definition) is 4. The Kier molecular flexibility index (Phi) is 3.38. The second kappa shape index (κ2) is 4.35. The molecule has 1 amide bonds. The van der Waals surface area contributed by atoms with Crippen LogP contribution in [0.3, 0.4) is 0 Å². The zero-order chi connectivity index (χ0) is 8.10. The van der Waals surface area contributed by atoms with E-state index >= 15 is 0 Å². The number of methoxy groups -OCH3 is 1. The van der Waals surface area contributed by atoms with E-state index in [1.165, 1.54) is 7.11 Å². The first kappa shape index (κ1) is 8.55. The zero-order valence-corrected chi connectivity index (χ0v) is 7.06. The van der Waals surface area contributed by atoms with Crippen LogP contribution < -0.4 is 5.32 Å². The van der Waals surface area contributed by atoms with Crippen molar-refractivity contribution in [2.24, 2.45) is 4.99 Å². The Morgan fingerprint density at radius 1 is 2.00 bits per heavy atom. The monoisotopic (exact) mass is 174 g/mol. The van der Waals surface area contributed by atoms with Gasteiger partial charge < -0.3 is 10.1 Å². The molecule has 0 aromatic heterocycles. The summed E-state index contributed by atoms with van der Waals surface area (Å²) in [6, 6.07) is -0.213. The lowest BCUT2D eigenvalue weighted by atomic mass is 10.3. The lowest BCUT2D eigenvalue weighted by Crippen LogP contribution is -2.34. The molecule has 0 saturated carbocycles. The molecule has 1 atom stereocenters. The lowest BCUT2D eigenvalue weighted by molar-refractivity contribution is -0.123. The first-order valence-electron chi connectivity index (χ1n) is 3.24. The number of thioether (sulfide) groups is 1. The van der Waals surface area contributed by atoms with Crippen LogP contribution in [0.5, 0.6) is 0 Å². The second-order valence-electron chi connectivity index (χ2n) is 2.08. The summed E-state index contributed by atoms with van der Waals surface area (Å²) in [4.78, 5) is 15.0. The van der Waals surface area contributed by atoms with E-state index in [4.69, 9.17) is 0 Å². The summed E-state index contributed by atoms with van der Waals surface area (Å²) in [6.07, 6.45) is 0. The fourth-order valence-electron chi connectivity index (χ4n) is 0.698. The average molecular weight is 174 g/mol. The van der Waals surface area contributed by atoms with Crippen molar-refractivity contribution in [2.75, 3.05) is 19.6 Å². The van der Waals surface area contributed by atoms with Crippen LogP contribution in [0.25, 0.3) is 0 Å². The number of rotatable bonds is 3. The average Bonchev–Trinajstić information content (AvgIpc) is 2.52. The minimum absolute atomic E-state index is 0.0619. The topological polar surface area (TPSA) is 50.7 Å². The molecule has 0 fully saturated rings. The van der Waals surface area contributed by atoms with E-state index < -0.39 is 0 Å². The molecular weight excluding hydrogens is 164 g/mol. The lowest BCUT2D eigenvalue weighted by Gasteiger charge is -2.05. The molecule has 0 aliphatic carbocycles. The summed E-state index contributed by atoms with van der Waals surface area (Å²) < 4.78 is 4.68. The molecule has 1 aliphatic heterocycles. The summed E-state index contributed by atoms with van der Waals surface area (Å²) in [7, 11) is 1.53. The molecular formula is C6H10N2O2S. The van der Waals surface area contributed by atoms with Gasteiger partial charge in [-0.2, -0.15) is 0 Å². The van der Waals surface area contributed by atoms with Gasteiger partial charge in [0.05, 0.1) is 5.55 Å². The third kappa shape index (κ3) is 2.51. The minimum Gasteiger partial charge on any atom is -0.364 e. The molecule has 1 N–H and O–H groups in total. The SMILES string of the molecule is COCNC(=O)C1CSC=N1. The van der Waals surface area contributed by atoms with Crippen LogP contribution in [0, 0.1) is 0 Å². The number of ether oxygens (including phenoxy) is 1. The molecule has 1 aliphatic rings. The van der Waals surface area contributed by atoms with Crippen molar-refractivity contribution >= 4 is 23.2 Å². The molecule has 0 aromatic rings. The first-order chi connectivity index (χ1) is 5.34. The van der Waals surface area contributed by atoms with Crippen LogP contribution in [-0.4, -0.2) is 37.1 Å². The Hall–Kier alpha value is -0.550. The number of nitrogens with one attached hydrogen (secondary N) is 1. The predicted octanol–water partition coefficient (Wildman–Crippen LogP) is -0.150. The van der Waals surface area contributed by atoms with Gasteiger partial charge in [0.1, 0.15) is 12.8 Å². The Labute approximate surface area is 69.4 Å². The van der Waals surface area contributed by atoms with Crippen molar-refractivity contribution in [3.05, 3.63) is 0 Å². The van der Waals surface area contributed by atoms with E-state index in [1.807, 2.05) is 0 Å². The number of hydrogen-bond donors (Lipinski definition) is 1. The van der Waals surface area contributed by atoms with E-state index in [0.29, 0.717) is 0 Å². The molecule has 1 heterocycles. The molecule has 0 saturated heterocycles. The van der Waals surface area contributed by atoms with Gasteiger partial charge in [-0.25, -0.2) is 0 Å². The maximum Gasteiger partial charge on any atom is 0.247 e. The van der Waals surface area contributed by atoms with Gasteiger partial charge in [-0.3, -0.25) is 9.79 Å². The van der Waals surface area contributed by atoms with Gasteiger partial charge in [0.2, 0.25) is 5.91 Å². The van der Waals surface area contributed by atoms with Gasteiger partial charge in [-0.05, 0) is 0 Å². The highest BCUT2D eigenvalue weighted by Gasteiger charge is 2.18. The van der Waals surface area contributed by atoms with Crippen LogP contribution >= 0.6 is 11.8 Å². The maximum atomic E-state index is 11.1. The van der Waals surface area contributed by atoms with E-state index in [1.54, 1.807) is 17.3 Å². The van der Waals surface area contributed by atoms with Crippen LogP contribution in [0.1, 0.15) is 0 Å². The quantitative estimate of drug-likeness (QED) is 0.605. The van der Waals surface area contributed by atoms with E-state index in [-0.39, 0.29) is 18.7 Å². The normalized spacial score (nSPS) is 22.1. The molecule has 0 spiro atoms. The number of nitrogens with zero attached hydrogens (tertiary/aromatic N) is 1. The highest BCUT2D eigenvalue weighted by molar-refractivity contribution is 8.12. The fourth-order valence-corrected chi connectivity index (χ4v) is 1.44. The summed E-state index contributed by atoms with van der Waals surface area (Å²) in [5, 5.41) is 2.59. The Bertz CT molecular complexity index is 172. The molecule has 11 heavy (non-hydrogen) atoms. The fraction of sp³-hybridized carbons (Fsp3) is 0.667. The first-order valence-corrected chi connectivity index (χ1v) is 4.29. The predicted molar refractivity (Wildman–Crippen MR) is 44.8 cm³/mol. The van der Waals surface area contributed by atoms with Crippen LogP contribution in [0.4, 0.5) is 0 Å². The van der Waals surface area contributed by atoms with Crippen molar-refractivity contribution < 1.29 is 9.53 Å². The van der Waals surface area contributed by atoms with Crippen molar-refractivity contribution in [1.29, 1.82) is 0 Å². The van der Waals surface area contributed by atoms with Gasteiger partial charge in [0.15, 0.2) is 0 Å². The molecule has 0 radical (unpaired) electrons. The summed E-state index contributed by atoms with van der Waals surface area (Å²) in [6.45, 7) is 0.259. The number of carbonyl (C=O) groups excluding carboxylic acids is 1. The van der Waals surface area contributed by atoms with Crippen molar-refractivity contribution in [3.8, 4) is 0 Å². The van der Waals surface area contributed by atoms with Gasteiger partial charge in [0, 0.05) is 12.9 Å². The van der Waals surface area contributed by atoms with Crippen LogP contribution in [0.15, 0.2) is 4.99 Å². The maximum absolute atomic E-state index is 11.1. The molecule has 0 bridgehead atoms. The van der Waals surface area contributed by atoms with E-state index in [2.05, 4.69) is 15.0 Å². The third-order valence-corrected chi connectivity index (χ3v) is 2.04. The van der Waals surface area contributed by atoms with Crippen LogP contribution in [-0.2, 0) is 9.53 Å². The second-order valence-corrected chi connectivity index (χ2v) is 2.96. The van der Waals surface area contributed by atoms with E-state index in [9.17, 15) is 4.79 Å². The minimum atomic E-state index is -0.213. The summed E-state index contributed by atoms with van der Waals surface area (Å²) >= 11 is 1.55. The van der Waals surface area contributed by atoms with E-state index in [0.717, 1.165) is 5.75 Å². The Morgan fingerprint density at radius 2 is 2.82 bits per heavy atom. The van der Waals surface area contributed by atoms with Crippen molar-refractivity contribution in [3.63, 3.8) is 0 Å². The number of amides is 1. The highest BCUT2D eigenvalue weighted by Crippen LogP contribution is 2.10. The number of aliphatic imine (C=N–C) groups is 1. The molecule has 0 aromatic carbocycles. The standard InChI is InChI=1S/C6H10N2O2S/c1-10-3-7-6(9)5-2-11-4-8-5/h4-5H,2-3H2,1H3,(H,7,9). The summed E-state index contributed by atoms with van der Waals surface area (Å²) in [5.41, 5.74) is 1.71. The van der Waals surface area contributed by atoms with Gasteiger partial charge in [-0.15, -0.1) is 11.8 Å². The molecule has 62 valence electrons. The van der Waals surface area contributed by atoms with Gasteiger partial charge in [-0.1, -0.05) is 0 Å². The highest BCUT2D eigenvalue weighted by atomic mass is 32.2. The molecule has 1 unspecified atom stereocenters. The third-order valence-electron chi connectivity index (χ3n) is 1.26. The van der Waals surface area contributed by atoms with Crippen LogP contribution in [0.2, 0.25) is 0 Å². The smallest absolute Gasteiger partial charge is 0.247 e. The van der Waals surface area contributed by atoms with Gasteiger partial charge >= 0.3 is 0 Å². The van der Waals surface area contributed by atoms with Gasteiger partial charge in [0.25, 0.3) is 0 Å². The van der Waals surface area contributed by atoms with Crippen molar-refractivity contribution in [2.45, 2.75) is 6.04 Å². The zero-order valence-electron chi connectivity index (χ0n) is 6.24. The Balaban J connectivity index is 2.23. The molecule has 4 nitrogen and oxygen atoms in total. The summed E-state index contributed by atoms with van der Waals surface area (Å²) in [5.74, 6) is 0.684. The number of carbonyl (C=O) groups is 1. The molecule has 1 rings (SSSR count). The molecule has 5 heteroatoms. The Morgan fingerprint density at radius 3 is 3.36 bits per heavy atom.